The first-order valence-electron chi connectivity index (χ1n) is 5.64. The van der Waals surface area contributed by atoms with Gasteiger partial charge in [0.25, 0.3) is 0 Å². The lowest BCUT2D eigenvalue weighted by Gasteiger charge is -2.13. The minimum atomic E-state index is -0.268. The number of hydrogen-bond acceptors (Lipinski definition) is 5. The third kappa shape index (κ3) is 2.56. The van der Waals surface area contributed by atoms with E-state index in [1.54, 1.807) is 18.0 Å². The Balaban J connectivity index is 2.19. The van der Waals surface area contributed by atoms with E-state index in [1.807, 2.05) is 6.92 Å². The van der Waals surface area contributed by atoms with Crippen LogP contribution in [0.25, 0.3) is 0 Å². The number of thiocarbonyl (C=S) groups is 1. The van der Waals surface area contributed by atoms with Gasteiger partial charge in [0.15, 0.2) is 0 Å². The lowest BCUT2D eigenvalue weighted by molar-refractivity contribution is -0.127. The molecule has 1 aromatic heterocycles. The number of hydrogen-bond donors (Lipinski definition) is 2. The molecule has 6 nitrogen and oxygen atoms in total. The number of likely N-dealkylation sites (tertiary alicyclic amines) is 1. The van der Waals surface area contributed by atoms with Crippen molar-refractivity contribution >= 4 is 29.1 Å². The zero-order valence-electron chi connectivity index (χ0n) is 10.3. The van der Waals surface area contributed by atoms with Gasteiger partial charge in [-0.15, -0.1) is 0 Å². The number of amides is 1. The number of nitrogens with two attached hydrogens (primary N) is 1. The molecule has 1 amide bonds. The zero-order valence-corrected chi connectivity index (χ0v) is 11.1. The van der Waals surface area contributed by atoms with Crippen LogP contribution in [0, 0.1) is 6.92 Å². The van der Waals surface area contributed by atoms with Crippen molar-refractivity contribution < 1.29 is 4.79 Å². The molecule has 18 heavy (non-hydrogen) atoms. The number of carbonyl (C=O) groups excluding carboxylic acids is 1. The van der Waals surface area contributed by atoms with Crippen LogP contribution in [-0.2, 0) is 4.79 Å². The van der Waals surface area contributed by atoms with Crippen molar-refractivity contribution in [1.29, 1.82) is 0 Å². The largest absolute Gasteiger partial charge is 0.388 e. The van der Waals surface area contributed by atoms with Crippen LogP contribution in [-0.4, -0.2) is 45.4 Å². The van der Waals surface area contributed by atoms with E-state index in [0.29, 0.717) is 11.6 Å². The van der Waals surface area contributed by atoms with Gasteiger partial charge >= 0.3 is 0 Å². The molecule has 0 aliphatic carbocycles. The van der Waals surface area contributed by atoms with Crippen LogP contribution in [0.1, 0.15) is 17.8 Å². The van der Waals surface area contributed by atoms with Crippen molar-refractivity contribution in [3.05, 3.63) is 17.5 Å². The number of aromatic nitrogens is 2. The number of nitrogens with zero attached hydrogens (tertiary/aromatic N) is 3. The topological polar surface area (TPSA) is 84.1 Å². The molecule has 0 radical (unpaired) electrons. The summed E-state index contributed by atoms with van der Waals surface area (Å²) in [4.78, 5) is 22.1. The molecule has 0 aromatic carbocycles. The third-order valence-electron chi connectivity index (χ3n) is 2.84. The predicted molar refractivity (Wildman–Crippen MR) is 72.3 cm³/mol. The standard InChI is InChI=1S/C11H15N5OS/c1-6-5-8(9(12)18)15-11(13-6)14-7-3-4-16(2)10(7)17/h5,7H,3-4H2,1-2H3,(H2,12,18)(H,13,14,15). The Morgan fingerprint density at radius 1 is 1.61 bits per heavy atom. The van der Waals surface area contributed by atoms with Crippen LogP contribution in [0.15, 0.2) is 6.07 Å². The molecule has 3 N–H and O–H groups in total. The molecule has 0 spiro atoms. The summed E-state index contributed by atoms with van der Waals surface area (Å²) in [6.45, 7) is 2.57. The number of likely N-dealkylation sites (N-methyl/N-ethyl adjacent to an activating group) is 1. The summed E-state index contributed by atoms with van der Waals surface area (Å²) in [7, 11) is 1.78. The van der Waals surface area contributed by atoms with Crippen molar-refractivity contribution in [3.63, 3.8) is 0 Å². The van der Waals surface area contributed by atoms with Gasteiger partial charge in [-0.1, -0.05) is 12.2 Å². The number of rotatable bonds is 3. The van der Waals surface area contributed by atoms with Crippen molar-refractivity contribution in [2.24, 2.45) is 5.73 Å². The van der Waals surface area contributed by atoms with Crippen LogP contribution >= 0.6 is 12.2 Å². The zero-order chi connectivity index (χ0) is 13.3. The third-order valence-corrected chi connectivity index (χ3v) is 3.05. The lowest BCUT2D eigenvalue weighted by Crippen LogP contribution is -2.31. The maximum Gasteiger partial charge on any atom is 0.244 e. The first-order valence-corrected chi connectivity index (χ1v) is 6.05. The number of nitrogens with one attached hydrogen (secondary N) is 1. The van der Waals surface area contributed by atoms with E-state index >= 15 is 0 Å². The lowest BCUT2D eigenvalue weighted by atomic mass is 10.2. The van der Waals surface area contributed by atoms with Gasteiger partial charge in [0.2, 0.25) is 11.9 Å². The summed E-state index contributed by atoms with van der Waals surface area (Å²) in [6, 6.07) is 1.45. The summed E-state index contributed by atoms with van der Waals surface area (Å²) < 4.78 is 0. The molecule has 1 aromatic rings. The molecule has 7 heteroatoms. The van der Waals surface area contributed by atoms with E-state index in [2.05, 4.69) is 15.3 Å². The predicted octanol–water partition coefficient (Wildman–Crippen LogP) is 0.0618. The van der Waals surface area contributed by atoms with E-state index in [1.165, 1.54) is 0 Å². The quantitative estimate of drug-likeness (QED) is 0.752. The highest BCUT2D eigenvalue weighted by atomic mass is 32.1. The maximum atomic E-state index is 11.8. The van der Waals surface area contributed by atoms with Crippen LogP contribution < -0.4 is 11.1 Å². The second-order valence-corrected chi connectivity index (χ2v) is 4.77. The van der Waals surface area contributed by atoms with Crippen molar-refractivity contribution in [1.82, 2.24) is 14.9 Å². The second-order valence-electron chi connectivity index (χ2n) is 4.33. The number of anilines is 1. The molecule has 96 valence electrons. The fraction of sp³-hybridized carbons (Fsp3) is 0.455. The molecule has 1 unspecified atom stereocenters. The van der Waals surface area contributed by atoms with Crippen molar-refractivity contribution in [2.45, 2.75) is 19.4 Å². The Bertz CT molecular complexity index is 504. The normalized spacial score (nSPS) is 19.1. The number of carbonyl (C=O) groups is 1. The first kappa shape index (κ1) is 12.7. The van der Waals surface area contributed by atoms with E-state index in [0.717, 1.165) is 18.7 Å². The van der Waals surface area contributed by atoms with Crippen LogP contribution in [0.4, 0.5) is 5.95 Å². The fourth-order valence-electron chi connectivity index (χ4n) is 1.87. The molecule has 1 fully saturated rings. The smallest absolute Gasteiger partial charge is 0.244 e. The highest BCUT2D eigenvalue weighted by molar-refractivity contribution is 7.80. The molecule has 1 aliphatic rings. The van der Waals surface area contributed by atoms with Crippen LogP contribution in [0.3, 0.4) is 0 Å². The van der Waals surface area contributed by atoms with Crippen molar-refractivity contribution in [3.8, 4) is 0 Å². The first-order chi connectivity index (χ1) is 8.47. The van der Waals surface area contributed by atoms with Gasteiger partial charge in [-0.3, -0.25) is 4.79 Å². The summed E-state index contributed by atoms with van der Waals surface area (Å²) in [5, 5.41) is 3.03. The molecule has 1 aliphatic heterocycles. The summed E-state index contributed by atoms with van der Waals surface area (Å²) in [5.41, 5.74) is 6.82. The van der Waals surface area contributed by atoms with E-state index in [-0.39, 0.29) is 16.9 Å². The van der Waals surface area contributed by atoms with E-state index in [9.17, 15) is 4.79 Å². The van der Waals surface area contributed by atoms with E-state index in [4.69, 9.17) is 18.0 Å². The molecule has 0 bridgehead atoms. The van der Waals surface area contributed by atoms with Gasteiger partial charge in [-0.25, -0.2) is 9.97 Å². The summed E-state index contributed by atoms with van der Waals surface area (Å²) in [5.74, 6) is 0.448. The Labute approximate surface area is 111 Å². The molecular weight excluding hydrogens is 250 g/mol. The molecule has 1 atom stereocenters. The van der Waals surface area contributed by atoms with Gasteiger partial charge in [0, 0.05) is 19.3 Å². The Hall–Kier alpha value is -1.76. The SMILES string of the molecule is Cc1cc(C(N)=S)nc(NC2CCN(C)C2=O)n1. The fourth-order valence-corrected chi connectivity index (χ4v) is 1.98. The second kappa shape index (κ2) is 4.85. The monoisotopic (exact) mass is 265 g/mol. The molecule has 0 saturated carbocycles. The molecular formula is C11H15N5OS. The summed E-state index contributed by atoms with van der Waals surface area (Å²) in [6.07, 6.45) is 0.745. The number of aryl methyl sites for hydroxylation is 1. The molecule has 1 saturated heterocycles. The molecule has 2 rings (SSSR count). The Kier molecular flexibility index (Phi) is 3.42. The van der Waals surface area contributed by atoms with Gasteiger partial charge in [0.05, 0.1) is 0 Å². The highest BCUT2D eigenvalue weighted by Gasteiger charge is 2.29. The summed E-state index contributed by atoms with van der Waals surface area (Å²) >= 11 is 4.89. The van der Waals surface area contributed by atoms with Gasteiger partial charge in [0.1, 0.15) is 16.7 Å². The van der Waals surface area contributed by atoms with Gasteiger partial charge in [-0.2, -0.15) is 0 Å². The Morgan fingerprint density at radius 3 is 2.89 bits per heavy atom. The van der Waals surface area contributed by atoms with Crippen LogP contribution in [0.2, 0.25) is 0 Å². The van der Waals surface area contributed by atoms with Crippen LogP contribution in [0.5, 0.6) is 0 Å². The minimum absolute atomic E-state index is 0.0528. The van der Waals surface area contributed by atoms with Crippen molar-refractivity contribution in [2.75, 3.05) is 18.9 Å². The average molecular weight is 265 g/mol. The van der Waals surface area contributed by atoms with Gasteiger partial charge < -0.3 is 16.0 Å². The molecule has 2 heterocycles. The maximum absolute atomic E-state index is 11.8. The van der Waals surface area contributed by atoms with E-state index < -0.39 is 0 Å². The van der Waals surface area contributed by atoms with Gasteiger partial charge in [-0.05, 0) is 19.4 Å². The average Bonchev–Trinajstić information content (AvgIpc) is 2.60. The highest BCUT2D eigenvalue weighted by Crippen LogP contribution is 2.14. The Morgan fingerprint density at radius 2 is 2.33 bits per heavy atom. The minimum Gasteiger partial charge on any atom is -0.388 e.